The summed E-state index contributed by atoms with van der Waals surface area (Å²) in [6.45, 7) is 1.31. The molecule has 0 radical (unpaired) electrons. The Morgan fingerprint density at radius 1 is 1.19 bits per heavy atom. The third-order valence-corrected chi connectivity index (χ3v) is 3.98. The summed E-state index contributed by atoms with van der Waals surface area (Å²) >= 11 is 0. The number of hydrogen-bond donors (Lipinski definition) is 1. The zero-order chi connectivity index (χ0) is 19.0. The number of nitro groups is 1. The second-order valence-corrected chi connectivity index (χ2v) is 5.61. The molecule has 0 aliphatic carbocycles. The van der Waals surface area contributed by atoms with Crippen LogP contribution in [0.4, 0.5) is 15.8 Å². The molecule has 2 aromatic carbocycles. The molecule has 1 aliphatic rings. The van der Waals surface area contributed by atoms with E-state index in [1.165, 1.54) is 37.3 Å². The lowest BCUT2D eigenvalue weighted by molar-refractivity contribution is -0.385. The maximum absolute atomic E-state index is 13.2. The van der Waals surface area contributed by atoms with E-state index in [0.717, 1.165) is 12.1 Å². The number of nitrogens with one attached hydrogen (secondary N) is 1. The molecular weight excluding hydrogens is 345 g/mol. The fraction of sp³-hybridized carbons (Fsp3) is 0.118. The van der Waals surface area contributed by atoms with Crippen molar-refractivity contribution in [1.82, 2.24) is 4.90 Å². The first-order valence-electron chi connectivity index (χ1n) is 7.53. The van der Waals surface area contributed by atoms with Crippen molar-refractivity contribution in [3.05, 3.63) is 69.5 Å². The Kier molecular flexibility index (Phi) is 4.21. The molecule has 0 fully saturated rings. The van der Waals surface area contributed by atoms with Crippen molar-refractivity contribution in [3.8, 4) is 0 Å². The van der Waals surface area contributed by atoms with Crippen LogP contribution in [0.2, 0.25) is 0 Å². The van der Waals surface area contributed by atoms with E-state index >= 15 is 0 Å². The quantitative estimate of drug-likeness (QED) is 0.513. The number of amides is 3. The molecule has 8 nitrogen and oxygen atoms in total. The zero-order valence-electron chi connectivity index (χ0n) is 13.4. The summed E-state index contributed by atoms with van der Waals surface area (Å²) in [5.74, 6) is -3.01. The molecule has 0 saturated heterocycles. The molecule has 9 heteroatoms. The highest BCUT2D eigenvalue weighted by atomic mass is 19.1. The molecule has 0 saturated carbocycles. The highest BCUT2D eigenvalue weighted by Gasteiger charge is 2.44. The van der Waals surface area contributed by atoms with E-state index in [-0.39, 0.29) is 16.8 Å². The summed E-state index contributed by atoms with van der Waals surface area (Å²) in [5, 5.41) is 13.5. The Labute approximate surface area is 146 Å². The minimum absolute atomic E-state index is 0.130. The van der Waals surface area contributed by atoms with Crippen LogP contribution < -0.4 is 5.32 Å². The molecule has 3 amide bonds. The molecule has 1 N–H and O–H groups in total. The number of halogens is 1. The fourth-order valence-corrected chi connectivity index (χ4v) is 2.72. The molecule has 1 unspecified atom stereocenters. The molecule has 132 valence electrons. The summed E-state index contributed by atoms with van der Waals surface area (Å²) in [7, 11) is 0. The van der Waals surface area contributed by atoms with E-state index in [1.54, 1.807) is 0 Å². The zero-order valence-corrected chi connectivity index (χ0v) is 13.4. The molecule has 3 rings (SSSR count). The average Bonchev–Trinajstić information content (AvgIpc) is 2.85. The molecule has 0 bridgehead atoms. The van der Waals surface area contributed by atoms with E-state index in [9.17, 15) is 28.9 Å². The van der Waals surface area contributed by atoms with Gasteiger partial charge in [0.15, 0.2) is 0 Å². The monoisotopic (exact) mass is 357 g/mol. The van der Waals surface area contributed by atoms with Crippen LogP contribution in [0.5, 0.6) is 0 Å². The van der Waals surface area contributed by atoms with Gasteiger partial charge in [0.2, 0.25) is 5.91 Å². The number of anilines is 1. The van der Waals surface area contributed by atoms with E-state index in [0.29, 0.717) is 4.90 Å². The Morgan fingerprint density at radius 2 is 1.88 bits per heavy atom. The van der Waals surface area contributed by atoms with Gasteiger partial charge in [-0.25, -0.2) is 4.39 Å². The number of benzene rings is 2. The summed E-state index contributed by atoms with van der Waals surface area (Å²) in [4.78, 5) is 48.4. The van der Waals surface area contributed by atoms with Gasteiger partial charge in [-0.05, 0) is 31.2 Å². The molecule has 2 aromatic rings. The van der Waals surface area contributed by atoms with Crippen molar-refractivity contribution in [1.29, 1.82) is 0 Å². The van der Waals surface area contributed by atoms with Gasteiger partial charge in [-0.1, -0.05) is 12.1 Å². The summed E-state index contributed by atoms with van der Waals surface area (Å²) in [5.41, 5.74) is -0.812. The van der Waals surface area contributed by atoms with Gasteiger partial charge in [-0.15, -0.1) is 0 Å². The molecule has 1 atom stereocenters. The molecule has 0 aromatic heterocycles. The Bertz CT molecular complexity index is 959. The van der Waals surface area contributed by atoms with Gasteiger partial charge in [-0.3, -0.25) is 29.4 Å². The number of rotatable bonds is 4. The summed E-state index contributed by atoms with van der Waals surface area (Å²) < 4.78 is 13.2. The van der Waals surface area contributed by atoms with Crippen LogP contribution in [-0.2, 0) is 4.79 Å². The van der Waals surface area contributed by atoms with Crippen LogP contribution in [0, 0.1) is 15.9 Å². The Morgan fingerprint density at radius 3 is 2.54 bits per heavy atom. The second kappa shape index (κ2) is 6.36. The first-order chi connectivity index (χ1) is 12.3. The molecular formula is C17H12FN3O5. The summed E-state index contributed by atoms with van der Waals surface area (Å²) in [6.07, 6.45) is 0. The number of fused-ring (bicyclic) bond motifs is 1. The van der Waals surface area contributed by atoms with Crippen molar-refractivity contribution < 1.29 is 23.7 Å². The third-order valence-electron chi connectivity index (χ3n) is 3.98. The molecule has 1 heterocycles. The number of carbonyl (C=O) groups is 3. The van der Waals surface area contributed by atoms with E-state index in [1.807, 2.05) is 0 Å². The SMILES string of the molecule is CC(C(=O)Nc1cccc(F)c1)N1C(=O)c2cccc([N+](=O)[O-])c2C1=O. The van der Waals surface area contributed by atoms with E-state index < -0.39 is 40.2 Å². The Balaban J connectivity index is 1.89. The minimum atomic E-state index is -1.25. The first-order valence-corrected chi connectivity index (χ1v) is 7.53. The van der Waals surface area contributed by atoms with Gasteiger partial charge in [0.05, 0.1) is 10.5 Å². The van der Waals surface area contributed by atoms with Crippen LogP contribution >= 0.6 is 0 Å². The van der Waals surface area contributed by atoms with Gasteiger partial charge in [0.25, 0.3) is 17.5 Å². The molecule has 1 aliphatic heterocycles. The van der Waals surface area contributed by atoms with Gasteiger partial charge in [0.1, 0.15) is 17.4 Å². The average molecular weight is 357 g/mol. The predicted molar refractivity (Wildman–Crippen MR) is 88.1 cm³/mol. The number of imide groups is 1. The smallest absolute Gasteiger partial charge is 0.282 e. The van der Waals surface area contributed by atoms with Crippen LogP contribution in [0.1, 0.15) is 27.6 Å². The van der Waals surface area contributed by atoms with Crippen LogP contribution in [0.25, 0.3) is 0 Å². The van der Waals surface area contributed by atoms with Crippen molar-refractivity contribution in [2.45, 2.75) is 13.0 Å². The lowest BCUT2D eigenvalue weighted by atomic mass is 10.1. The lowest BCUT2D eigenvalue weighted by Gasteiger charge is -2.21. The van der Waals surface area contributed by atoms with Crippen molar-refractivity contribution in [3.63, 3.8) is 0 Å². The van der Waals surface area contributed by atoms with Gasteiger partial charge in [0, 0.05) is 11.8 Å². The highest BCUT2D eigenvalue weighted by molar-refractivity contribution is 6.24. The molecule has 0 spiro atoms. The van der Waals surface area contributed by atoms with Gasteiger partial charge >= 0.3 is 0 Å². The van der Waals surface area contributed by atoms with E-state index in [2.05, 4.69) is 5.32 Å². The van der Waals surface area contributed by atoms with Gasteiger partial charge in [-0.2, -0.15) is 0 Å². The van der Waals surface area contributed by atoms with Crippen LogP contribution in [0.3, 0.4) is 0 Å². The van der Waals surface area contributed by atoms with Crippen molar-refractivity contribution in [2.24, 2.45) is 0 Å². The maximum atomic E-state index is 13.2. The number of carbonyl (C=O) groups excluding carboxylic acids is 3. The highest BCUT2D eigenvalue weighted by Crippen LogP contribution is 2.32. The number of hydrogen-bond acceptors (Lipinski definition) is 5. The predicted octanol–water partition coefficient (Wildman–Crippen LogP) is 2.36. The standard InChI is InChI=1S/C17H12FN3O5/c1-9(15(22)19-11-5-2-4-10(18)8-11)20-16(23)12-6-3-7-13(21(25)26)14(12)17(20)24/h2-9H,1H3,(H,19,22). The largest absolute Gasteiger partial charge is 0.324 e. The lowest BCUT2D eigenvalue weighted by Crippen LogP contribution is -2.45. The number of nitro benzene ring substituents is 1. The first kappa shape index (κ1) is 17.2. The number of nitrogens with zero attached hydrogens (tertiary/aromatic N) is 2. The minimum Gasteiger partial charge on any atom is -0.324 e. The van der Waals surface area contributed by atoms with Crippen LogP contribution in [0.15, 0.2) is 42.5 Å². The fourth-order valence-electron chi connectivity index (χ4n) is 2.72. The maximum Gasteiger partial charge on any atom is 0.282 e. The Hall–Kier alpha value is -3.62. The molecule has 26 heavy (non-hydrogen) atoms. The van der Waals surface area contributed by atoms with E-state index in [4.69, 9.17) is 0 Å². The third kappa shape index (κ3) is 2.79. The van der Waals surface area contributed by atoms with Gasteiger partial charge < -0.3 is 5.32 Å². The van der Waals surface area contributed by atoms with Crippen molar-refractivity contribution in [2.75, 3.05) is 5.32 Å². The second-order valence-electron chi connectivity index (χ2n) is 5.61. The van der Waals surface area contributed by atoms with Crippen molar-refractivity contribution >= 4 is 29.1 Å². The van der Waals surface area contributed by atoms with Crippen LogP contribution in [-0.4, -0.2) is 33.6 Å². The summed E-state index contributed by atoms with van der Waals surface area (Å²) in [6, 6.07) is 7.57. The normalized spacial score (nSPS) is 14.2. The topological polar surface area (TPSA) is 110 Å².